The first-order valence-electron chi connectivity index (χ1n) is 8.08. The van der Waals surface area contributed by atoms with Gasteiger partial charge in [0.2, 0.25) is 0 Å². The lowest BCUT2D eigenvalue weighted by Crippen LogP contribution is -2.13. The highest BCUT2D eigenvalue weighted by atomic mass is 35.5. The smallest absolute Gasteiger partial charge is 0.252 e. The van der Waals surface area contributed by atoms with Gasteiger partial charge in [-0.05, 0) is 42.5 Å². The van der Waals surface area contributed by atoms with E-state index in [0.29, 0.717) is 23.0 Å². The standard InChI is InChI=1S/C19H14ClN5O2/c20-17-8-1-12(9-22-17)10-27-14-4-2-13(3-5-14)16-7-6-15(18(21)26)19-23-11-24-25(16)19/h1-9,11H,10H2,(H2,21,26). The molecule has 0 bridgehead atoms. The van der Waals surface area contributed by atoms with Gasteiger partial charge in [0.1, 0.15) is 23.8 Å². The fourth-order valence-corrected chi connectivity index (χ4v) is 2.81. The molecule has 0 saturated carbocycles. The molecule has 1 amide bonds. The highest BCUT2D eigenvalue weighted by Gasteiger charge is 2.13. The van der Waals surface area contributed by atoms with E-state index < -0.39 is 5.91 Å². The van der Waals surface area contributed by atoms with Crippen LogP contribution in [-0.2, 0) is 6.61 Å². The van der Waals surface area contributed by atoms with Crippen LogP contribution in [-0.4, -0.2) is 25.5 Å². The van der Waals surface area contributed by atoms with Crippen molar-refractivity contribution in [1.29, 1.82) is 0 Å². The third kappa shape index (κ3) is 3.45. The van der Waals surface area contributed by atoms with Crippen LogP contribution in [0.4, 0.5) is 0 Å². The van der Waals surface area contributed by atoms with Crippen LogP contribution in [0.25, 0.3) is 16.9 Å². The highest BCUT2D eigenvalue weighted by Crippen LogP contribution is 2.24. The zero-order chi connectivity index (χ0) is 18.8. The van der Waals surface area contributed by atoms with Crippen molar-refractivity contribution in [2.75, 3.05) is 0 Å². The van der Waals surface area contributed by atoms with Crippen LogP contribution >= 0.6 is 11.6 Å². The third-order valence-electron chi connectivity index (χ3n) is 4.03. The van der Waals surface area contributed by atoms with E-state index in [4.69, 9.17) is 22.1 Å². The maximum atomic E-state index is 11.5. The number of aromatic nitrogens is 4. The number of primary amides is 1. The van der Waals surface area contributed by atoms with Gasteiger partial charge in [0, 0.05) is 17.3 Å². The topological polar surface area (TPSA) is 95.4 Å². The zero-order valence-corrected chi connectivity index (χ0v) is 14.8. The van der Waals surface area contributed by atoms with E-state index in [-0.39, 0.29) is 0 Å². The number of amides is 1. The van der Waals surface area contributed by atoms with Gasteiger partial charge in [-0.15, -0.1) is 0 Å². The van der Waals surface area contributed by atoms with Crippen molar-refractivity contribution in [2.45, 2.75) is 6.61 Å². The predicted molar refractivity (Wildman–Crippen MR) is 101 cm³/mol. The molecule has 4 aromatic rings. The number of ether oxygens (including phenoxy) is 1. The lowest BCUT2D eigenvalue weighted by molar-refractivity contribution is 0.100. The first kappa shape index (κ1) is 17.0. The van der Waals surface area contributed by atoms with Crippen LogP contribution in [0.1, 0.15) is 15.9 Å². The fraction of sp³-hybridized carbons (Fsp3) is 0.0526. The van der Waals surface area contributed by atoms with E-state index in [1.54, 1.807) is 28.9 Å². The minimum atomic E-state index is -0.542. The summed E-state index contributed by atoms with van der Waals surface area (Å²) in [5.74, 6) is 0.178. The molecule has 0 radical (unpaired) electrons. The molecule has 0 atom stereocenters. The molecule has 3 aromatic heterocycles. The Balaban J connectivity index is 1.56. The van der Waals surface area contributed by atoms with Crippen LogP contribution in [0.15, 0.2) is 61.1 Å². The van der Waals surface area contributed by atoms with E-state index in [1.165, 1.54) is 6.33 Å². The molecule has 0 saturated heterocycles. The number of nitrogens with zero attached hydrogens (tertiary/aromatic N) is 4. The van der Waals surface area contributed by atoms with Crippen LogP contribution in [0.2, 0.25) is 5.15 Å². The molecule has 0 unspecified atom stereocenters. The van der Waals surface area contributed by atoms with Gasteiger partial charge in [-0.3, -0.25) is 4.79 Å². The largest absolute Gasteiger partial charge is 0.489 e. The van der Waals surface area contributed by atoms with E-state index in [2.05, 4.69) is 15.1 Å². The molecule has 2 N–H and O–H groups in total. The van der Waals surface area contributed by atoms with Crippen LogP contribution in [0.3, 0.4) is 0 Å². The molecule has 3 heterocycles. The maximum Gasteiger partial charge on any atom is 0.252 e. The lowest BCUT2D eigenvalue weighted by atomic mass is 10.1. The molecular formula is C19H14ClN5O2. The Labute approximate surface area is 159 Å². The Morgan fingerprint density at radius 2 is 1.89 bits per heavy atom. The van der Waals surface area contributed by atoms with Gasteiger partial charge in [0.15, 0.2) is 5.65 Å². The fourth-order valence-electron chi connectivity index (χ4n) is 2.70. The quantitative estimate of drug-likeness (QED) is 0.537. The van der Waals surface area contributed by atoms with Gasteiger partial charge >= 0.3 is 0 Å². The van der Waals surface area contributed by atoms with Crippen molar-refractivity contribution in [3.05, 3.63) is 77.3 Å². The summed E-state index contributed by atoms with van der Waals surface area (Å²) in [6, 6.07) is 14.6. The Bertz CT molecular complexity index is 1110. The Kier molecular flexibility index (Phi) is 4.43. The van der Waals surface area contributed by atoms with Gasteiger partial charge in [0.05, 0.1) is 11.3 Å². The normalized spacial score (nSPS) is 10.9. The summed E-state index contributed by atoms with van der Waals surface area (Å²) in [4.78, 5) is 19.7. The lowest BCUT2D eigenvalue weighted by Gasteiger charge is -2.09. The molecule has 134 valence electrons. The molecule has 1 aromatic carbocycles. The van der Waals surface area contributed by atoms with E-state index >= 15 is 0 Å². The number of fused-ring (bicyclic) bond motifs is 1. The zero-order valence-electron chi connectivity index (χ0n) is 14.0. The number of hydrogen-bond donors (Lipinski definition) is 1. The second-order valence-electron chi connectivity index (χ2n) is 5.79. The number of carbonyl (C=O) groups is 1. The number of halogens is 1. The molecular weight excluding hydrogens is 366 g/mol. The van der Waals surface area contributed by atoms with Gasteiger partial charge in [-0.2, -0.15) is 5.10 Å². The van der Waals surface area contributed by atoms with Crippen molar-refractivity contribution < 1.29 is 9.53 Å². The van der Waals surface area contributed by atoms with Gasteiger partial charge in [0.25, 0.3) is 5.91 Å². The second-order valence-corrected chi connectivity index (χ2v) is 6.18. The summed E-state index contributed by atoms with van der Waals surface area (Å²) < 4.78 is 7.36. The molecule has 7 nitrogen and oxygen atoms in total. The molecule has 27 heavy (non-hydrogen) atoms. The van der Waals surface area contributed by atoms with E-state index in [9.17, 15) is 4.79 Å². The summed E-state index contributed by atoms with van der Waals surface area (Å²) in [5, 5.41) is 4.64. The number of rotatable bonds is 5. The van der Waals surface area contributed by atoms with Crippen molar-refractivity contribution >= 4 is 23.2 Å². The molecule has 4 rings (SSSR count). The Morgan fingerprint density at radius 3 is 2.59 bits per heavy atom. The van der Waals surface area contributed by atoms with Crippen molar-refractivity contribution in [1.82, 2.24) is 19.6 Å². The number of pyridine rings is 2. The first-order valence-corrected chi connectivity index (χ1v) is 8.46. The van der Waals surface area contributed by atoms with Gasteiger partial charge < -0.3 is 10.5 Å². The van der Waals surface area contributed by atoms with Crippen molar-refractivity contribution in [3.63, 3.8) is 0 Å². The first-order chi connectivity index (χ1) is 13.1. The van der Waals surface area contributed by atoms with Crippen LogP contribution in [0, 0.1) is 0 Å². The van der Waals surface area contributed by atoms with Gasteiger partial charge in [-0.1, -0.05) is 17.7 Å². The average Bonchev–Trinajstić information content (AvgIpc) is 3.17. The van der Waals surface area contributed by atoms with E-state index in [1.807, 2.05) is 30.3 Å². The summed E-state index contributed by atoms with van der Waals surface area (Å²) in [7, 11) is 0. The minimum Gasteiger partial charge on any atom is -0.489 e. The predicted octanol–water partition coefficient (Wildman–Crippen LogP) is 3.12. The number of nitrogens with two attached hydrogens (primary N) is 1. The SMILES string of the molecule is NC(=O)c1ccc(-c2ccc(OCc3ccc(Cl)nc3)cc2)n2ncnc12. The average molecular weight is 380 g/mol. The van der Waals surface area contributed by atoms with Crippen molar-refractivity contribution in [2.24, 2.45) is 5.73 Å². The molecule has 0 spiro atoms. The monoisotopic (exact) mass is 379 g/mol. The van der Waals surface area contributed by atoms with E-state index in [0.717, 1.165) is 22.6 Å². The number of benzene rings is 1. The van der Waals surface area contributed by atoms with Gasteiger partial charge in [-0.25, -0.2) is 14.5 Å². The molecule has 0 aliphatic carbocycles. The number of carbonyl (C=O) groups excluding carboxylic acids is 1. The maximum absolute atomic E-state index is 11.5. The Morgan fingerprint density at radius 1 is 1.07 bits per heavy atom. The number of hydrogen-bond acceptors (Lipinski definition) is 5. The summed E-state index contributed by atoms with van der Waals surface area (Å²) >= 11 is 5.78. The van der Waals surface area contributed by atoms with Crippen molar-refractivity contribution in [3.8, 4) is 17.0 Å². The van der Waals surface area contributed by atoms with Crippen LogP contribution < -0.4 is 10.5 Å². The molecule has 8 heteroatoms. The molecule has 0 aliphatic rings. The summed E-state index contributed by atoms with van der Waals surface area (Å²) in [5.41, 5.74) is 8.76. The second kappa shape index (κ2) is 7.05. The molecule has 0 aliphatic heterocycles. The summed E-state index contributed by atoms with van der Waals surface area (Å²) in [6.45, 7) is 0.393. The minimum absolute atomic E-state index is 0.327. The Hall–Kier alpha value is -3.45. The molecule has 0 fully saturated rings. The third-order valence-corrected chi connectivity index (χ3v) is 4.26. The highest BCUT2D eigenvalue weighted by molar-refractivity contribution is 6.29. The summed E-state index contributed by atoms with van der Waals surface area (Å²) in [6.07, 6.45) is 3.07. The van der Waals surface area contributed by atoms with Crippen LogP contribution in [0.5, 0.6) is 5.75 Å².